The van der Waals surface area contributed by atoms with Gasteiger partial charge in [-0.15, -0.1) is 0 Å². The first-order chi connectivity index (χ1) is 8.26. The summed E-state index contributed by atoms with van der Waals surface area (Å²) in [5, 5.41) is 8.70. The van der Waals surface area contributed by atoms with Crippen molar-refractivity contribution in [2.24, 2.45) is 0 Å². The van der Waals surface area contributed by atoms with E-state index in [1.54, 1.807) is 19.2 Å². The first-order valence-electron chi connectivity index (χ1n) is 5.71. The molecule has 0 spiro atoms. The van der Waals surface area contributed by atoms with Crippen molar-refractivity contribution in [3.05, 3.63) is 29.6 Å². The molecule has 2 rings (SSSR count). The van der Waals surface area contributed by atoms with Crippen molar-refractivity contribution in [2.45, 2.75) is 18.9 Å². The Morgan fingerprint density at radius 1 is 1.53 bits per heavy atom. The van der Waals surface area contributed by atoms with Gasteiger partial charge >= 0.3 is 0 Å². The minimum Gasteiger partial charge on any atom is -0.383 e. The summed E-state index contributed by atoms with van der Waals surface area (Å²) in [6.07, 6.45) is 2.20. The van der Waals surface area contributed by atoms with Crippen molar-refractivity contribution in [2.75, 3.05) is 25.2 Å². The lowest BCUT2D eigenvalue weighted by Gasteiger charge is -2.24. The third-order valence-electron chi connectivity index (χ3n) is 2.91. The van der Waals surface area contributed by atoms with Crippen LogP contribution in [0.3, 0.4) is 0 Å². The van der Waals surface area contributed by atoms with Crippen molar-refractivity contribution in [1.82, 2.24) is 0 Å². The molecule has 0 N–H and O–H groups in total. The van der Waals surface area contributed by atoms with Gasteiger partial charge in [0.15, 0.2) is 0 Å². The number of nitrogens with zero attached hydrogens (tertiary/aromatic N) is 2. The van der Waals surface area contributed by atoms with Gasteiger partial charge < -0.3 is 9.64 Å². The number of hydrogen-bond donors (Lipinski definition) is 0. The fraction of sp³-hybridized carbons (Fsp3) is 0.462. The lowest BCUT2D eigenvalue weighted by atomic mass is 10.2. The Hall–Kier alpha value is -1.60. The molecule has 0 atom stereocenters. The zero-order valence-corrected chi connectivity index (χ0v) is 9.82. The molecule has 0 radical (unpaired) electrons. The minimum atomic E-state index is -0.327. The van der Waals surface area contributed by atoms with E-state index < -0.39 is 0 Å². The SMILES string of the molecule is COCCN(c1ccc(C#N)cc1F)C1CC1. The quantitative estimate of drug-likeness (QED) is 0.784. The molecule has 1 saturated carbocycles. The molecule has 1 fully saturated rings. The molecule has 0 aromatic heterocycles. The normalized spacial score (nSPS) is 14.4. The summed E-state index contributed by atoms with van der Waals surface area (Å²) in [5.41, 5.74) is 0.928. The predicted molar refractivity (Wildman–Crippen MR) is 63.4 cm³/mol. The van der Waals surface area contributed by atoms with Crippen molar-refractivity contribution in [1.29, 1.82) is 5.26 Å². The number of benzene rings is 1. The predicted octanol–water partition coefficient (Wildman–Crippen LogP) is 2.31. The van der Waals surface area contributed by atoms with Crippen LogP contribution in [0.1, 0.15) is 18.4 Å². The molecule has 1 aliphatic rings. The van der Waals surface area contributed by atoms with Crippen LogP contribution in [0.15, 0.2) is 18.2 Å². The van der Waals surface area contributed by atoms with Gasteiger partial charge in [0.1, 0.15) is 5.82 Å². The molecule has 1 aromatic rings. The van der Waals surface area contributed by atoms with Gasteiger partial charge in [0.05, 0.1) is 23.9 Å². The van der Waals surface area contributed by atoms with E-state index in [4.69, 9.17) is 10.00 Å². The second kappa shape index (κ2) is 5.15. The highest BCUT2D eigenvalue weighted by molar-refractivity contribution is 5.52. The molecule has 1 aromatic carbocycles. The summed E-state index contributed by atoms with van der Waals surface area (Å²) < 4.78 is 18.9. The molecule has 0 bridgehead atoms. The molecule has 4 heteroatoms. The molecular formula is C13H15FN2O. The van der Waals surface area contributed by atoms with E-state index in [-0.39, 0.29) is 5.82 Å². The van der Waals surface area contributed by atoms with E-state index in [1.807, 2.05) is 11.0 Å². The zero-order valence-electron chi connectivity index (χ0n) is 9.82. The van der Waals surface area contributed by atoms with E-state index in [0.717, 1.165) is 12.8 Å². The van der Waals surface area contributed by atoms with Crippen molar-refractivity contribution in [3.8, 4) is 6.07 Å². The number of hydrogen-bond acceptors (Lipinski definition) is 3. The highest BCUT2D eigenvalue weighted by Crippen LogP contribution is 2.33. The van der Waals surface area contributed by atoms with E-state index in [9.17, 15) is 4.39 Å². The summed E-state index contributed by atoms with van der Waals surface area (Å²) in [4.78, 5) is 2.03. The van der Waals surface area contributed by atoms with Crippen LogP contribution in [-0.4, -0.2) is 26.3 Å². The summed E-state index contributed by atoms with van der Waals surface area (Å²) in [5.74, 6) is -0.327. The smallest absolute Gasteiger partial charge is 0.147 e. The fourth-order valence-electron chi connectivity index (χ4n) is 1.88. The topological polar surface area (TPSA) is 36.3 Å². The first-order valence-corrected chi connectivity index (χ1v) is 5.71. The minimum absolute atomic E-state index is 0.327. The van der Waals surface area contributed by atoms with Crippen LogP contribution in [0.25, 0.3) is 0 Å². The third kappa shape index (κ3) is 2.75. The van der Waals surface area contributed by atoms with E-state index in [0.29, 0.717) is 30.4 Å². The maximum Gasteiger partial charge on any atom is 0.147 e. The monoisotopic (exact) mass is 234 g/mol. The van der Waals surface area contributed by atoms with E-state index >= 15 is 0 Å². The molecule has 0 aliphatic heterocycles. The maximum atomic E-state index is 13.9. The average molecular weight is 234 g/mol. The lowest BCUT2D eigenvalue weighted by molar-refractivity contribution is 0.204. The summed E-state index contributed by atoms with van der Waals surface area (Å²) in [7, 11) is 1.64. The number of nitriles is 1. The molecule has 3 nitrogen and oxygen atoms in total. The van der Waals surface area contributed by atoms with Gasteiger partial charge in [0.2, 0.25) is 0 Å². The van der Waals surface area contributed by atoms with Gasteiger partial charge in [0.25, 0.3) is 0 Å². The Kier molecular flexibility index (Phi) is 3.60. The van der Waals surface area contributed by atoms with Gasteiger partial charge in [-0.1, -0.05) is 0 Å². The van der Waals surface area contributed by atoms with Crippen molar-refractivity contribution in [3.63, 3.8) is 0 Å². The van der Waals surface area contributed by atoms with E-state index in [2.05, 4.69) is 0 Å². The average Bonchev–Trinajstić information content (AvgIpc) is 3.15. The van der Waals surface area contributed by atoms with Gasteiger partial charge in [-0.05, 0) is 31.0 Å². The molecule has 0 unspecified atom stereocenters. The second-order valence-electron chi connectivity index (χ2n) is 4.20. The second-order valence-corrected chi connectivity index (χ2v) is 4.20. The van der Waals surface area contributed by atoms with Crippen molar-refractivity contribution >= 4 is 5.69 Å². The van der Waals surface area contributed by atoms with Crippen LogP contribution in [-0.2, 0) is 4.74 Å². The number of halogens is 1. The Bertz CT molecular complexity index is 438. The Morgan fingerprint density at radius 3 is 2.82 bits per heavy atom. The lowest BCUT2D eigenvalue weighted by Crippen LogP contribution is -2.30. The number of methoxy groups -OCH3 is 1. The van der Waals surface area contributed by atoms with E-state index in [1.165, 1.54) is 6.07 Å². The maximum absolute atomic E-state index is 13.9. The summed E-state index contributed by atoms with van der Waals surface area (Å²) in [6, 6.07) is 6.99. The highest BCUT2D eigenvalue weighted by atomic mass is 19.1. The third-order valence-corrected chi connectivity index (χ3v) is 2.91. The highest BCUT2D eigenvalue weighted by Gasteiger charge is 2.30. The summed E-state index contributed by atoms with van der Waals surface area (Å²) >= 11 is 0. The van der Waals surface area contributed by atoms with Crippen LogP contribution >= 0.6 is 0 Å². The molecule has 0 saturated heterocycles. The Morgan fingerprint density at radius 2 is 2.29 bits per heavy atom. The van der Waals surface area contributed by atoms with Gasteiger partial charge in [-0.25, -0.2) is 4.39 Å². The Labute approximate surface area is 100 Å². The van der Waals surface area contributed by atoms with Gasteiger partial charge in [-0.2, -0.15) is 5.26 Å². The molecule has 90 valence electrons. The van der Waals surface area contributed by atoms with Crippen LogP contribution in [0, 0.1) is 17.1 Å². The molecular weight excluding hydrogens is 219 g/mol. The molecule has 0 amide bonds. The summed E-state index contributed by atoms with van der Waals surface area (Å²) in [6.45, 7) is 1.26. The number of ether oxygens (including phenoxy) is 1. The molecule has 17 heavy (non-hydrogen) atoms. The largest absolute Gasteiger partial charge is 0.383 e. The fourth-order valence-corrected chi connectivity index (χ4v) is 1.88. The number of rotatable bonds is 5. The standard InChI is InChI=1S/C13H15FN2O/c1-17-7-6-16(11-3-4-11)13-5-2-10(9-15)8-12(13)14/h2,5,8,11H,3-4,6-7H2,1H3. The van der Waals surface area contributed by atoms with Gasteiger partial charge in [-0.3, -0.25) is 0 Å². The van der Waals surface area contributed by atoms with Crippen LogP contribution in [0.5, 0.6) is 0 Å². The molecule has 1 aliphatic carbocycles. The van der Waals surface area contributed by atoms with Crippen LogP contribution < -0.4 is 4.90 Å². The van der Waals surface area contributed by atoms with Gasteiger partial charge in [0, 0.05) is 19.7 Å². The van der Waals surface area contributed by atoms with Crippen LogP contribution in [0.2, 0.25) is 0 Å². The van der Waals surface area contributed by atoms with Crippen molar-refractivity contribution < 1.29 is 9.13 Å². The number of anilines is 1. The van der Waals surface area contributed by atoms with Crippen LogP contribution in [0.4, 0.5) is 10.1 Å². The molecule has 0 heterocycles. The first kappa shape index (κ1) is 11.9. The Balaban J connectivity index is 2.20. The zero-order chi connectivity index (χ0) is 12.3.